The highest BCUT2D eigenvalue weighted by Crippen LogP contribution is 2.49. The molecule has 5 nitrogen and oxygen atoms in total. The van der Waals surface area contributed by atoms with Crippen LogP contribution in [-0.2, 0) is 0 Å². The van der Waals surface area contributed by atoms with E-state index in [0.717, 1.165) is 17.8 Å². The molecule has 1 aromatic carbocycles. The van der Waals surface area contributed by atoms with Crippen LogP contribution in [0.25, 0.3) is 5.69 Å². The second-order valence-electron chi connectivity index (χ2n) is 5.93. The van der Waals surface area contributed by atoms with Crippen LogP contribution in [0, 0.1) is 5.41 Å². The summed E-state index contributed by atoms with van der Waals surface area (Å²) in [6.07, 6.45) is 7.92. The predicted molar refractivity (Wildman–Crippen MR) is 82.6 cm³/mol. The average Bonchev–Trinajstić information content (AvgIpc) is 3.19. The van der Waals surface area contributed by atoms with Crippen molar-refractivity contribution in [3.05, 3.63) is 42.2 Å². The molecule has 5 heteroatoms. The summed E-state index contributed by atoms with van der Waals surface area (Å²) >= 11 is 0. The van der Waals surface area contributed by atoms with E-state index in [4.69, 9.17) is 5.84 Å². The van der Waals surface area contributed by atoms with Gasteiger partial charge in [-0.2, -0.15) is 0 Å². The molecule has 112 valence electrons. The number of benzene rings is 1. The Kier molecular flexibility index (Phi) is 4.03. The van der Waals surface area contributed by atoms with Gasteiger partial charge >= 0.3 is 0 Å². The molecular formula is C16H23N5. The van der Waals surface area contributed by atoms with Gasteiger partial charge in [0.15, 0.2) is 0 Å². The third kappa shape index (κ3) is 2.47. The molecule has 1 heterocycles. The fraction of sp³-hybridized carbons (Fsp3) is 0.500. The van der Waals surface area contributed by atoms with E-state index in [1.807, 2.05) is 41.2 Å². The molecule has 0 saturated heterocycles. The fourth-order valence-corrected chi connectivity index (χ4v) is 3.71. The molecule has 1 aliphatic rings. The third-order valence-electron chi connectivity index (χ3n) is 4.95. The number of nitrogens with one attached hydrogen (secondary N) is 1. The number of nitrogens with zero attached hydrogens (tertiary/aromatic N) is 3. The molecule has 1 atom stereocenters. The maximum atomic E-state index is 5.93. The van der Waals surface area contributed by atoms with Crippen LogP contribution in [0.4, 0.5) is 0 Å². The molecule has 2 aromatic rings. The van der Waals surface area contributed by atoms with Crippen LogP contribution in [0.5, 0.6) is 0 Å². The van der Waals surface area contributed by atoms with E-state index in [0.29, 0.717) is 0 Å². The lowest BCUT2D eigenvalue weighted by Gasteiger charge is -2.36. The number of nitrogens with two attached hydrogens (primary N) is 1. The van der Waals surface area contributed by atoms with Gasteiger partial charge in [-0.05, 0) is 36.8 Å². The van der Waals surface area contributed by atoms with Gasteiger partial charge in [0.2, 0.25) is 0 Å². The van der Waals surface area contributed by atoms with Crippen molar-refractivity contribution >= 4 is 0 Å². The van der Waals surface area contributed by atoms with Gasteiger partial charge < -0.3 is 0 Å². The zero-order valence-corrected chi connectivity index (χ0v) is 12.5. The highest BCUT2D eigenvalue weighted by Gasteiger charge is 2.41. The third-order valence-corrected chi connectivity index (χ3v) is 4.95. The van der Waals surface area contributed by atoms with Gasteiger partial charge in [0, 0.05) is 0 Å². The van der Waals surface area contributed by atoms with E-state index in [2.05, 4.69) is 22.7 Å². The highest BCUT2D eigenvalue weighted by atomic mass is 15.4. The van der Waals surface area contributed by atoms with Crippen LogP contribution < -0.4 is 11.3 Å². The standard InChI is InChI=1S/C16H23N5/c1-2-16(10-6-7-11-16)15(19-17)14-12-18-20-21(14)13-8-4-3-5-9-13/h3-5,8-9,12,15,19H,2,6-7,10-11,17H2,1H3. The smallest absolute Gasteiger partial charge is 0.0834 e. The molecule has 1 aromatic heterocycles. The van der Waals surface area contributed by atoms with Crippen LogP contribution >= 0.6 is 0 Å². The predicted octanol–water partition coefficient (Wildman–Crippen LogP) is 2.74. The quantitative estimate of drug-likeness (QED) is 0.654. The summed E-state index contributed by atoms with van der Waals surface area (Å²) in [7, 11) is 0. The minimum atomic E-state index is 0.0835. The molecule has 1 saturated carbocycles. The number of rotatable bonds is 5. The van der Waals surface area contributed by atoms with E-state index < -0.39 is 0 Å². The van der Waals surface area contributed by atoms with Crippen LogP contribution in [0.2, 0.25) is 0 Å². The summed E-state index contributed by atoms with van der Waals surface area (Å²) in [4.78, 5) is 0. The van der Waals surface area contributed by atoms with Gasteiger partial charge in [-0.3, -0.25) is 11.3 Å². The van der Waals surface area contributed by atoms with Crippen molar-refractivity contribution in [3.63, 3.8) is 0 Å². The zero-order chi connectivity index (χ0) is 14.7. The van der Waals surface area contributed by atoms with Crippen LogP contribution in [0.1, 0.15) is 50.8 Å². The first kappa shape index (κ1) is 14.2. The Balaban J connectivity index is 2.01. The number of para-hydroxylation sites is 1. The molecule has 21 heavy (non-hydrogen) atoms. The van der Waals surface area contributed by atoms with Gasteiger partial charge in [-0.25, -0.2) is 4.68 Å². The Morgan fingerprint density at radius 3 is 2.62 bits per heavy atom. The SMILES string of the molecule is CCC1(C(NN)c2cnnn2-c2ccccc2)CCCC1. The molecule has 0 amide bonds. The van der Waals surface area contributed by atoms with Gasteiger partial charge in [0.25, 0.3) is 0 Å². The molecule has 1 aliphatic carbocycles. The van der Waals surface area contributed by atoms with Crippen molar-refractivity contribution in [2.75, 3.05) is 0 Å². The normalized spacial score (nSPS) is 18.8. The molecule has 0 aliphatic heterocycles. The summed E-state index contributed by atoms with van der Waals surface area (Å²) in [6, 6.07) is 10.2. The monoisotopic (exact) mass is 285 g/mol. The molecular weight excluding hydrogens is 262 g/mol. The number of hydrogen-bond donors (Lipinski definition) is 2. The Bertz CT molecular complexity index is 571. The highest BCUT2D eigenvalue weighted by molar-refractivity contribution is 5.32. The van der Waals surface area contributed by atoms with Crippen molar-refractivity contribution in [3.8, 4) is 5.69 Å². The zero-order valence-electron chi connectivity index (χ0n) is 12.5. The second kappa shape index (κ2) is 5.95. The molecule has 0 bridgehead atoms. The summed E-state index contributed by atoms with van der Waals surface area (Å²) in [5.41, 5.74) is 5.33. The lowest BCUT2D eigenvalue weighted by Crippen LogP contribution is -2.41. The minimum Gasteiger partial charge on any atom is -0.271 e. The van der Waals surface area contributed by atoms with Gasteiger partial charge in [0.05, 0.1) is 23.6 Å². The number of hydrogen-bond acceptors (Lipinski definition) is 4. The maximum Gasteiger partial charge on any atom is 0.0834 e. The second-order valence-corrected chi connectivity index (χ2v) is 5.93. The Morgan fingerprint density at radius 1 is 1.29 bits per heavy atom. The molecule has 0 radical (unpaired) electrons. The average molecular weight is 285 g/mol. The lowest BCUT2D eigenvalue weighted by atomic mass is 9.75. The Morgan fingerprint density at radius 2 is 2.00 bits per heavy atom. The minimum absolute atomic E-state index is 0.0835. The first-order valence-corrected chi connectivity index (χ1v) is 7.73. The van der Waals surface area contributed by atoms with Crippen molar-refractivity contribution in [1.82, 2.24) is 20.4 Å². The molecule has 1 fully saturated rings. The van der Waals surface area contributed by atoms with Crippen LogP contribution in [-0.4, -0.2) is 15.0 Å². The van der Waals surface area contributed by atoms with Gasteiger partial charge in [0.1, 0.15) is 0 Å². The van der Waals surface area contributed by atoms with Crippen LogP contribution in [0.3, 0.4) is 0 Å². The van der Waals surface area contributed by atoms with E-state index in [9.17, 15) is 0 Å². The van der Waals surface area contributed by atoms with Crippen molar-refractivity contribution < 1.29 is 0 Å². The number of hydrazine groups is 1. The van der Waals surface area contributed by atoms with Gasteiger partial charge in [-0.15, -0.1) is 5.10 Å². The van der Waals surface area contributed by atoms with Crippen molar-refractivity contribution in [2.45, 2.75) is 45.1 Å². The largest absolute Gasteiger partial charge is 0.271 e. The Hall–Kier alpha value is -1.72. The first-order chi connectivity index (χ1) is 10.3. The maximum absolute atomic E-state index is 5.93. The molecule has 1 unspecified atom stereocenters. The number of aromatic nitrogens is 3. The topological polar surface area (TPSA) is 68.8 Å². The van der Waals surface area contributed by atoms with E-state index in [1.54, 1.807) is 0 Å². The summed E-state index contributed by atoms with van der Waals surface area (Å²) in [5.74, 6) is 5.93. The van der Waals surface area contributed by atoms with E-state index >= 15 is 0 Å². The molecule has 0 spiro atoms. The van der Waals surface area contributed by atoms with E-state index in [1.165, 1.54) is 25.7 Å². The van der Waals surface area contributed by atoms with E-state index in [-0.39, 0.29) is 11.5 Å². The van der Waals surface area contributed by atoms with Crippen LogP contribution in [0.15, 0.2) is 36.5 Å². The van der Waals surface area contributed by atoms with Crippen molar-refractivity contribution in [2.24, 2.45) is 11.3 Å². The molecule has 3 N–H and O–H groups in total. The van der Waals surface area contributed by atoms with Crippen molar-refractivity contribution in [1.29, 1.82) is 0 Å². The summed E-state index contributed by atoms with van der Waals surface area (Å²) in [6.45, 7) is 2.26. The first-order valence-electron chi connectivity index (χ1n) is 7.73. The van der Waals surface area contributed by atoms with Gasteiger partial charge in [-0.1, -0.05) is 43.2 Å². The summed E-state index contributed by atoms with van der Waals surface area (Å²) < 4.78 is 1.90. The summed E-state index contributed by atoms with van der Waals surface area (Å²) in [5, 5.41) is 8.38. The lowest BCUT2D eigenvalue weighted by molar-refractivity contribution is 0.182. The fourth-order valence-electron chi connectivity index (χ4n) is 3.71. The Labute approximate surface area is 125 Å². The molecule has 3 rings (SSSR count).